The van der Waals surface area contributed by atoms with E-state index in [-0.39, 0.29) is 16.7 Å². The molecular formula is C20H23ClFN3O3S. The first-order valence-corrected chi connectivity index (χ1v) is 11.3. The molecule has 3 rings (SSSR count). The molecule has 6 nitrogen and oxygen atoms in total. The van der Waals surface area contributed by atoms with E-state index >= 15 is 0 Å². The zero-order chi connectivity index (χ0) is 21.0. The molecule has 1 N–H and O–H groups in total. The number of hydrogen-bond donors (Lipinski definition) is 1. The number of carbonyl (C=O) groups is 1. The second-order valence-electron chi connectivity index (χ2n) is 6.97. The van der Waals surface area contributed by atoms with Gasteiger partial charge in [-0.15, -0.1) is 0 Å². The molecule has 1 atom stereocenters. The molecule has 2 aromatic carbocycles. The number of benzene rings is 2. The fraction of sp³-hybridized carbons (Fsp3) is 0.350. The molecule has 1 aliphatic heterocycles. The van der Waals surface area contributed by atoms with Crippen molar-refractivity contribution in [2.24, 2.45) is 0 Å². The van der Waals surface area contributed by atoms with E-state index < -0.39 is 21.9 Å². The van der Waals surface area contributed by atoms with Crippen molar-refractivity contribution in [2.45, 2.75) is 18.7 Å². The molecule has 156 valence electrons. The molecule has 1 heterocycles. The van der Waals surface area contributed by atoms with E-state index in [2.05, 4.69) is 5.32 Å². The van der Waals surface area contributed by atoms with Crippen molar-refractivity contribution in [1.82, 2.24) is 9.21 Å². The Balaban J connectivity index is 1.55. The largest absolute Gasteiger partial charge is 0.325 e. The maximum absolute atomic E-state index is 13.2. The van der Waals surface area contributed by atoms with E-state index in [0.29, 0.717) is 31.9 Å². The number of halogens is 2. The summed E-state index contributed by atoms with van der Waals surface area (Å²) in [5.41, 5.74) is 1.16. The molecule has 29 heavy (non-hydrogen) atoms. The molecule has 0 saturated carbocycles. The van der Waals surface area contributed by atoms with E-state index in [9.17, 15) is 17.6 Å². The van der Waals surface area contributed by atoms with Crippen molar-refractivity contribution in [2.75, 3.05) is 31.5 Å². The molecule has 0 radical (unpaired) electrons. The first-order valence-electron chi connectivity index (χ1n) is 9.28. The van der Waals surface area contributed by atoms with Crippen LogP contribution >= 0.6 is 11.6 Å². The maximum Gasteiger partial charge on any atom is 0.241 e. The van der Waals surface area contributed by atoms with Gasteiger partial charge in [0.15, 0.2) is 0 Å². The van der Waals surface area contributed by atoms with Crippen molar-refractivity contribution < 1.29 is 17.6 Å². The Hall–Kier alpha value is -2.00. The third kappa shape index (κ3) is 5.54. The standard InChI is InChI=1S/C20H23ClFN3O3S/c1-15(20(26)23-17-7-8-19(22)18(21)13-17)24-9-11-25(12-10-24)29(27,28)14-16-5-3-2-4-6-16/h2-8,13,15H,9-12,14H2,1H3,(H,23,26). The van der Waals surface area contributed by atoms with Crippen LogP contribution in [0, 0.1) is 5.82 Å². The normalized spacial score (nSPS) is 17.1. The minimum absolute atomic E-state index is 0.0325. The van der Waals surface area contributed by atoms with E-state index in [1.165, 1.54) is 22.5 Å². The second-order valence-corrected chi connectivity index (χ2v) is 9.35. The number of carbonyl (C=O) groups excluding carboxylic acids is 1. The summed E-state index contributed by atoms with van der Waals surface area (Å²) in [6.45, 7) is 3.32. The number of nitrogens with zero attached hydrogens (tertiary/aromatic N) is 2. The highest BCUT2D eigenvalue weighted by Gasteiger charge is 2.31. The van der Waals surface area contributed by atoms with Gasteiger partial charge in [0.05, 0.1) is 16.8 Å². The van der Waals surface area contributed by atoms with Crippen LogP contribution in [0.2, 0.25) is 5.02 Å². The monoisotopic (exact) mass is 439 g/mol. The summed E-state index contributed by atoms with van der Waals surface area (Å²) in [4.78, 5) is 14.4. The van der Waals surface area contributed by atoms with Crippen LogP contribution in [-0.4, -0.2) is 55.8 Å². The fourth-order valence-corrected chi connectivity index (χ4v) is 4.93. The van der Waals surface area contributed by atoms with Crippen LogP contribution in [0.4, 0.5) is 10.1 Å². The van der Waals surface area contributed by atoms with Crippen molar-refractivity contribution >= 4 is 33.2 Å². The Kier molecular flexibility index (Phi) is 6.89. The van der Waals surface area contributed by atoms with Gasteiger partial charge in [0.1, 0.15) is 5.82 Å². The average molecular weight is 440 g/mol. The van der Waals surface area contributed by atoms with Crippen LogP contribution in [0.25, 0.3) is 0 Å². The van der Waals surface area contributed by atoms with Crippen molar-refractivity contribution in [1.29, 1.82) is 0 Å². The zero-order valence-electron chi connectivity index (χ0n) is 16.0. The predicted molar refractivity (Wildman–Crippen MR) is 112 cm³/mol. The molecule has 1 fully saturated rings. The lowest BCUT2D eigenvalue weighted by atomic mass is 10.2. The molecule has 0 spiro atoms. The molecule has 0 aliphatic carbocycles. The van der Waals surface area contributed by atoms with Crippen LogP contribution < -0.4 is 5.32 Å². The van der Waals surface area contributed by atoms with Gasteiger partial charge in [0.2, 0.25) is 15.9 Å². The number of rotatable bonds is 6. The van der Waals surface area contributed by atoms with Crippen LogP contribution in [0.1, 0.15) is 12.5 Å². The number of hydrogen-bond acceptors (Lipinski definition) is 4. The van der Waals surface area contributed by atoms with Gasteiger partial charge >= 0.3 is 0 Å². The van der Waals surface area contributed by atoms with Crippen molar-refractivity contribution in [3.05, 3.63) is 64.9 Å². The van der Waals surface area contributed by atoms with E-state index in [0.717, 1.165) is 5.56 Å². The average Bonchev–Trinajstić information content (AvgIpc) is 2.70. The van der Waals surface area contributed by atoms with Crippen molar-refractivity contribution in [3.8, 4) is 0 Å². The van der Waals surface area contributed by atoms with E-state index in [4.69, 9.17) is 11.6 Å². The van der Waals surface area contributed by atoms with Gasteiger partial charge < -0.3 is 5.32 Å². The number of piperazine rings is 1. The van der Waals surface area contributed by atoms with Crippen LogP contribution in [-0.2, 0) is 20.6 Å². The van der Waals surface area contributed by atoms with E-state index in [1.807, 2.05) is 23.1 Å². The maximum atomic E-state index is 13.2. The van der Waals surface area contributed by atoms with Gasteiger partial charge in [-0.3, -0.25) is 9.69 Å². The van der Waals surface area contributed by atoms with Crippen LogP contribution in [0.3, 0.4) is 0 Å². The fourth-order valence-electron chi connectivity index (χ4n) is 3.23. The highest BCUT2D eigenvalue weighted by atomic mass is 35.5. The molecule has 1 saturated heterocycles. The quantitative estimate of drug-likeness (QED) is 0.751. The highest BCUT2D eigenvalue weighted by molar-refractivity contribution is 7.88. The van der Waals surface area contributed by atoms with Gasteiger partial charge in [-0.25, -0.2) is 12.8 Å². The molecule has 0 bridgehead atoms. The number of anilines is 1. The van der Waals surface area contributed by atoms with Crippen LogP contribution in [0.5, 0.6) is 0 Å². The van der Waals surface area contributed by atoms with Crippen molar-refractivity contribution in [3.63, 3.8) is 0 Å². The summed E-state index contributed by atoms with van der Waals surface area (Å²) in [6, 6.07) is 12.6. The van der Waals surface area contributed by atoms with Gasteiger partial charge in [-0.05, 0) is 30.7 Å². The lowest BCUT2D eigenvalue weighted by Crippen LogP contribution is -2.54. The number of amides is 1. The molecule has 2 aromatic rings. The molecular weight excluding hydrogens is 417 g/mol. The zero-order valence-corrected chi connectivity index (χ0v) is 17.6. The third-order valence-electron chi connectivity index (χ3n) is 4.97. The Bertz CT molecular complexity index is 964. The number of sulfonamides is 1. The van der Waals surface area contributed by atoms with Gasteiger partial charge in [0, 0.05) is 31.9 Å². The lowest BCUT2D eigenvalue weighted by Gasteiger charge is -2.36. The summed E-state index contributed by atoms with van der Waals surface area (Å²) in [7, 11) is -3.41. The van der Waals surface area contributed by atoms with E-state index in [1.54, 1.807) is 19.1 Å². The number of nitrogens with one attached hydrogen (secondary N) is 1. The summed E-state index contributed by atoms with van der Waals surface area (Å²) in [5.74, 6) is -0.839. The SMILES string of the molecule is CC(C(=O)Nc1ccc(F)c(Cl)c1)N1CCN(S(=O)(=O)Cc2ccccc2)CC1. The third-order valence-corrected chi connectivity index (χ3v) is 7.11. The smallest absolute Gasteiger partial charge is 0.241 e. The molecule has 1 aliphatic rings. The minimum Gasteiger partial charge on any atom is -0.325 e. The van der Waals surface area contributed by atoms with Gasteiger partial charge in [0.25, 0.3) is 0 Å². The molecule has 1 unspecified atom stereocenters. The first-order chi connectivity index (χ1) is 13.8. The summed E-state index contributed by atoms with van der Waals surface area (Å²) in [5, 5.41) is 2.66. The predicted octanol–water partition coefficient (Wildman–Crippen LogP) is 2.95. The second kappa shape index (κ2) is 9.21. The van der Waals surface area contributed by atoms with Crippen LogP contribution in [0.15, 0.2) is 48.5 Å². The molecule has 9 heteroatoms. The van der Waals surface area contributed by atoms with Gasteiger partial charge in [-0.2, -0.15) is 4.31 Å². The summed E-state index contributed by atoms with van der Waals surface area (Å²) >= 11 is 5.74. The topological polar surface area (TPSA) is 69.7 Å². The Morgan fingerprint density at radius 3 is 2.41 bits per heavy atom. The summed E-state index contributed by atoms with van der Waals surface area (Å²) < 4.78 is 40.0. The Morgan fingerprint density at radius 2 is 1.79 bits per heavy atom. The molecule has 1 amide bonds. The van der Waals surface area contributed by atoms with Gasteiger partial charge in [-0.1, -0.05) is 41.9 Å². The Morgan fingerprint density at radius 1 is 1.14 bits per heavy atom. The first kappa shape index (κ1) is 21.7. The molecule has 0 aromatic heterocycles. The Labute approximate surface area is 175 Å². The minimum atomic E-state index is -3.41. The summed E-state index contributed by atoms with van der Waals surface area (Å²) in [6.07, 6.45) is 0. The highest BCUT2D eigenvalue weighted by Crippen LogP contribution is 2.20. The lowest BCUT2D eigenvalue weighted by molar-refractivity contribution is -0.121.